The minimum atomic E-state index is 1.10. The Kier molecular flexibility index (Phi) is 8.24. The molecule has 55 heavy (non-hydrogen) atoms. The Hall–Kier alpha value is -7.22. The maximum Gasteiger partial charge on any atom is 0.0467 e. The van der Waals surface area contributed by atoms with Gasteiger partial charge in [0.05, 0.1) is 0 Å². The Balaban J connectivity index is 1.06. The SMILES string of the molecule is c1ccc(-c2ccc(-c3ccc(N(c4ccc(-c5cc6ccccc6c6ccccc56)cc4)c4cccc(-c5cccc6ccccc56)c4)cc3)cc2)cc1. The lowest BCUT2D eigenvalue weighted by atomic mass is 9.93. The van der Waals surface area contributed by atoms with Gasteiger partial charge in [-0.1, -0.05) is 182 Å². The smallest absolute Gasteiger partial charge is 0.0467 e. The number of nitrogens with zero attached hydrogens (tertiary/aromatic N) is 1. The molecule has 0 aliphatic carbocycles. The van der Waals surface area contributed by atoms with E-state index in [9.17, 15) is 0 Å². The summed E-state index contributed by atoms with van der Waals surface area (Å²) >= 11 is 0. The summed E-state index contributed by atoms with van der Waals surface area (Å²) < 4.78 is 0. The molecule has 0 fully saturated rings. The summed E-state index contributed by atoms with van der Waals surface area (Å²) in [6.07, 6.45) is 0. The maximum absolute atomic E-state index is 2.37. The average Bonchev–Trinajstić information content (AvgIpc) is 3.27. The monoisotopic (exact) mass is 699 g/mol. The molecule has 0 heterocycles. The van der Waals surface area contributed by atoms with Crippen LogP contribution < -0.4 is 4.90 Å². The molecule has 0 amide bonds. The highest BCUT2D eigenvalue weighted by molar-refractivity contribution is 6.13. The van der Waals surface area contributed by atoms with Gasteiger partial charge in [-0.05, 0) is 119 Å². The Morgan fingerprint density at radius 1 is 0.218 bits per heavy atom. The number of rotatable bonds is 7. The van der Waals surface area contributed by atoms with Crippen LogP contribution in [-0.4, -0.2) is 0 Å². The average molecular weight is 700 g/mol. The first kappa shape index (κ1) is 32.4. The van der Waals surface area contributed by atoms with Crippen molar-refractivity contribution >= 4 is 49.4 Å². The third-order valence-corrected chi connectivity index (χ3v) is 10.9. The highest BCUT2D eigenvalue weighted by Crippen LogP contribution is 2.41. The highest BCUT2D eigenvalue weighted by Gasteiger charge is 2.16. The van der Waals surface area contributed by atoms with E-state index in [4.69, 9.17) is 0 Å². The number of fused-ring (bicyclic) bond motifs is 4. The van der Waals surface area contributed by atoms with Gasteiger partial charge < -0.3 is 4.90 Å². The molecule has 10 rings (SSSR count). The quantitative estimate of drug-likeness (QED) is 0.150. The minimum Gasteiger partial charge on any atom is -0.310 e. The molecule has 0 unspecified atom stereocenters. The van der Waals surface area contributed by atoms with Gasteiger partial charge in [0.15, 0.2) is 0 Å². The lowest BCUT2D eigenvalue weighted by Gasteiger charge is -2.26. The molecule has 0 N–H and O–H groups in total. The Bertz CT molecular complexity index is 2940. The minimum absolute atomic E-state index is 1.10. The van der Waals surface area contributed by atoms with Crippen molar-refractivity contribution in [2.75, 3.05) is 4.90 Å². The molecule has 10 aromatic rings. The first-order chi connectivity index (χ1) is 27.3. The number of hydrogen-bond donors (Lipinski definition) is 0. The molecular formula is C54H37N. The number of anilines is 3. The predicted octanol–water partition coefficient (Wildman–Crippen LogP) is 15.3. The van der Waals surface area contributed by atoms with Gasteiger partial charge in [-0.3, -0.25) is 0 Å². The fourth-order valence-corrected chi connectivity index (χ4v) is 8.11. The molecule has 1 nitrogen and oxygen atoms in total. The van der Waals surface area contributed by atoms with Crippen molar-refractivity contribution in [3.05, 3.63) is 224 Å². The van der Waals surface area contributed by atoms with Crippen molar-refractivity contribution in [1.29, 1.82) is 0 Å². The van der Waals surface area contributed by atoms with Gasteiger partial charge in [0.25, 0.3) is 0 Å². The fourth-order valence-electron chi connectivity index (χ4n) is 8.11. The number of benzene rings is 10. The van der Waals surface area contributed by atoms with E-state index in [0.717, 1.165) is 17.1 Å². The van der Waals surface area contributed by atoms with Gasteiger partial charge in [0.1, 0.15) is 0 Å². The molecule has 0 aromatic heterocycles. The molecule has 0 bridgehead atoms. The second-order valence-corrected chi connectivity index (χ2v) is 14.1. The Morgan fingerprint density at radius 2 is 0.691 bits per heavy atom. The topological polar surface area (TPSA) is 3.24 Å². The Morgan fingerprint density at radius 3 is 1.38 bits per heavy atom. The van der Waals surface area contributed by atoms with Crippen LogP contribution in [0.15, 0.2) is 224 Å². The normalized spacial score (nSPS) is 11.3. The molecule has 0 saturated carbocycles. The summed E-state index contributed by atoms with van der Waals surface area (Å²) in [6, 6.07) is 81.4. The van der Waals surface area contributed by atoms with Crippen molar-refractivity contribution < 1.29 is 0 Å². The van der Waals surface area contributed by atoms with E-state index in [1.165, 1.54) is 76.8 Å². The first-order valence-electron chi connectivity index (χ1n) is 18.9. The molecule has 0 atom stereocenters. The third kappa shape index (κ3) is 6.12. The van der Waals surface area contributed by atoms with E-state index >= 15 is 0 Å². The molecule has 0 radical (unpaired) electrons. The van der Waals surface area contributed by atoms with Crippen molar-refractivity contribution in [3.63, 3.8) is 0 Å². The van der Waals surface area contributed by atoms with Crippen molar-refractivity contribution in [2.24, 2.45) is 0 Å². The molecule has 1 heteroatoms. The van der Waals surface area contributed by atoms with Gasteiger partial charge in [0.2, 0.25) is 0 Å². The molecular weight excluding hydrogens is 663 g/mol. The van der Waals surface area contributed by atoms with E-state index in [0.29, 0.717) is 0 Å². The standard InChI is InChI=1S/C54H37N/c1-2-12-38(13-3-1)39-24-26-40(27-25-39)41-28-32-46(33-29-41)55(48-18-10-17-44(36-48)50-23-11-16-42-14-4-6-19-49(42)50)47-34-30-43(31-35-47)54-37-45-15-5-7-20-51(45)52-21-8-9-22-53(52)54/h1-37H. The lowest BCUT2D eigenvalue weighted by molar-refractivity contribution is 1.28. The third-order valence-electron chi connectivity index (χ3n) is 10.9. The second-order valence-electron chi connectivity index (χ2n) is 14.1. The highest BCUT2D eigenvalue weighted by atomic mass is 15.1. The summed E-state index contributed by atoms with van der Waals surface area (Å²) in [5.74, 6) is 0. The Labute approximate surface area is 322 Å². The summed E-state index contributed by atoms with van der Waals surface area (Å²) in [5, 5.41) is 7.57. The van der Waals surface area contributed by atoms with Crippen molar-refractivity contribution in [2.45, 2.75) is 0 Å². The van der Waals surface area contributed by atoms with Crippen LogP contribution in [0.5, 0.6) is 0 Å². The van der Waals surface area contributed by atoms with E-state index in [-0.39, 0.29) is 0 Å². The molecule has 0 saturated heterocycles. The largest absolute Gasteiger partial charge is 0.310 e. The van der Waals surface area contributed by atoms with Crippen molar-refractivity contribution in [3.8, 4) is 44.5 Å². The van der Waals surface area contributed by atoms with E-state index in [1.807, 2.05) is 0 Å². The summed E-state index contributed by atoms with van der Waals surface area (Å²) in [5.41, 5.74) is 13.0. The zero-order chi connectivity index (χ0) is 36.6. The van der Waals surface area contributed by atoms with Crippen LogP contribution in [0.25, 0.3) is 76.8 Å². The van der Waals surface area contributed by atoms with Gasteiger partial charge in [0, 0.05) is 17.1 Å². The van der Waals surface area contributed by atoms with Crippen LogP contribution in [0.2, 0.25) is 0 Å². The molecule has 0 aliphatic rings. The first-order valence-corrected chi connectivity index (χ1v) is 18.9. The predicted molar refractivity (Wildman–Crippen MR) is 235 cm³/mol. The zero-order valence-corrected chi connectivity index (χ0v) is 30.3. The maximum atomic E-state index is 2.37. The van der Waals surface area contributed by atoms with Crippen LogP contribution >= 0.6 is 0 Å². The molecule has 10 aromatic carbocycles. The van der Waals surface area contributed by atoms with Gasteiger partial charge in [-0.25, -0.2) is 0 Å². The van der Waals surface area contributed by atoms with Crippen LogP contribution in [-0.2, 0) is 0 Å². The second kappa shape index (κ2) is 14.0. The van der Waals surface area contributed by atoms with Crippen LogP contribution in [0.1, 0.15) is 0 Å². The van der Waals surface area contributed by atoms with Crippen molar-refractivity contribution in [1.82, 2.24) is 0 Å². The summed E-state index contributed by atoms with van der Waals surface area (Å²) in [4.78, 5) is 2.37. The van der Waals surface area contributed by atoms with E-state index in [1.54, 1.807) is 0 Å². The van der Waals surface area contributed by atoms with Crippen LogP contribution in [0.3, 0.4) is 0 Å². The molecule has 258 valence electrons. The molecule has 0 aliphatic heterocycles. The lowest BCUT2D eigenvalue weighted by Crippen LogP contribution is -2.10. The summed E-state index contributed by atoms with van der Waals surface area (Å²) in [6.45, 7) is 0. The van der Waals surface area contributed by atoms with Gasteiger partial charge in [-0.2, -0.15) is 0 Å². The fraction of sp³-hybridized carbons (Fsp3) is 0. The number of hydrogen-bond acceptors (Lipinski definition) is 1. The van der Waals surface area contributed by atoms with Crippen LogP contribution in [0.4, 0.5) is 17.1 Å². The van der Waals surface area contributed by atoms with E-state index < -0.39 is 0 Å². The van der Waals surface area contributed by atoms with Gasteiger partial charge in [-0.15, -0.1) is 0 Å². The molecule has 0 spiro atoms. The zero-order valence-electron chi connectivity index (χ0n) is 30.3. The van der Waals surface area contributed by atoms with Crippen LogP contribution in [0, 0.1) is 0 Å². The van der Waals surface area contributed by atoms with Gasteiger partial charge >= 0.3 is 0 Å². The van der Waals surface area contributed by atoms with E-state index in [2.05, 4.69) is 229 Å². The summed E-state index contributed by atoms with van der Waals surface area (Å²) in [7, 11) is 0.